The summed E-state index contributed by atoms with van der Waals surface area (Å²) >= 11 is 0. The second kappa shape index (κ2) is 6.96. The minimum Gasteiger partial charge on any atom is -0.455 e. The first kappa shape index (κ1) is 20.5. The van der Waals surface area contributed by atoms with Gasteiger partial charge in [0, 0.05) is 6.07 Å². The van der Waals surface area contributed by atoms with E-state index >= 15 is 0 Å². The van der Waals surface area contributed by atoms with E-state index in [1.54, 1.807) is 0 Å². The molecule has 5 heterocycles. The Morgan fingerprint density at radius 2 is 1.30 bits per heavy atom. The van der Waals surface area contributed by atoms with Crippen LogP contribution in [0.5, 0.6) is 23.1 Å². The fraction of sp³-hybridized carbons (Fsp3) is 0.0286. The molecule has 0 aliphatic carbocycles. The lowest BCUT2D eigenvalue weighted by Gasteiger charge is -2.31. The van der Waals surface area contributed by atoms with Crippen LogP contribution in [0.15, 0.2) is 128 Å². The maximum Gasteiger partial charge on any atom is 0.452 e. The molecule has 0 bridgehead atoms. The number of hydrogen-bond donors (Lipinski definition) is 0. The molecule has 7 aromatic rings. The molecule has 1 atom stereocenters. The van der Waals surface area contributed by atoms with Crippen LogP contribution in [0.4, 0.5) is 0 Å². The zero-order chi connectivity index (χ0) is 26.0. The molecule has 186 valence electrons. The molecule has 0 saturated carbocycles. The van der Waals surface area contributed by atoms with E-state index in [1.165, 1.54) is 27.1 Å². The summed E-state index contributed by atoms with van der Waals surface area (Å²) in [5.74, 6) is 3.27. The number of benzene rings is 5. The molecule has 1 unspecified atom stereocenters. The second-order valence-electron chi connectivity index (χ2n) is 10.7. The van der Waals surface area contributed by atoms with Crippen molar-refractivity contribution in [2.75, 3.05) is 0 Å². The Morgan fingerprint density at radius 1 is 0.575 bits per heavy atom. The topological polar surface area (TPSA) is 31.1 Å². The van der Waals surface area contributed by atoms with Crippen LogP contribution in [0.25, 0.3) is 38.4 Å². The Kier molecular flexibility index (Phi) is 3.57. The van der Waals surface area contributed by atoms with Crippen LogP contribution in [0.3, 0.4) is 0 Å². The number of rotatable bonds is 1. The van der Waals surface area contributed by atoms with Crippen molar-refractivity contribution in [3.05, 3.63) is 139 Å². The van der Waals surface area contributed by atoms with Crippen molar-refractivity contribution in [3.8, 4) is 39.9 Å². The molecular formula is C35H21N3O2+2. The minimum atomic E-state index is -0.684. The van der Waals surface area contributed by atoms with Gasteiger partial charge in [0.1, 0.15) is 17.2 Å². The Bertz CT molecular complexity index is 2230. The first-order chi connectivity index (χ1) is 19.8. The van der Waals surface area contributed by atoms with Crippen LogP contribution < -0.4 is 18.7 Å². The maximum absolute atomic E-state index is 6.50. The van der Waals surface area contributed by atoms with Gasteiger partial charge in [0.2, 0.25) is 6.20 Å². The van der Waals surface area contributed by atoms with Crippen molar-refractivity contribution >= 4 is 21.5 Å². The van der Waals surface area contributed by atoms with Crippen molar-refractivity contribution in [2.24, 2.45) is 0 Å². The highest BCUT2D eigenvalue weighted by Crippen LogP contribution is 2.55. The van der Waals surface area contributed by atoms with E-state index in [-0.39, 0.29) is 0 Å². The first-order valence-electron chi connectivity index (χ1n) is 13.5. The highest BCUT2D eigenvalue weighted by Gasteiger charge is 2.71. The van der Waals surface area contributed by atoms with E-state index in [0.29, 0.717) is 0 Å². The SMILES string of the molecule is c1cc2c3c(c1)Oc1cccc[n+]1C31c3c(cccc3-n3cc(-c4ccc5cc6ccccc6cc5c4)c[n+]31)O2. The quantitative estimate of drug-likeness (QED) is 0.177. The molecule has 5 heteroatoms. The molecule has 0 N–H and O–H groups in total. The predicted octanol–water partition coefficient (Wildman–Crippen LogP) is 6.85. The van der Waals surface area contributed by atoms with Crippen LogP contribution in [0.2, 0.25) is 0 Å². The summed E-state index contributed by atoms with van der Waals surface area (Å²) in [6.45, 7) is 0. The van der Waals surface area contributed by atoms with Gasteiger partial charge >= 0.3 is 11.5 Å². The van der Waals surface area contributed by atoms with Crippen molar-refractivity contribution < 1.29 is 18.7 Å². The summed E-state index contributed by atoms with van der Waals surface area (Å²) in [5, 5.41) is 4.99. The van der Waals surface area contributed by atoms with E-state index in [2.05, 4.69) is 111 Å². The zero-order valence-electron chi connectivity index (χ0n) is 21.3. The van der Waals surface area contributed by atoms with E-state index in [0.717, 1.165) is 45.5 Å². The molecule has 5 aromatic carbocycles. The number of ether oxygens (including phenoxy) is 2. The fourth-order valence-corrected chi connectivity index (χ4v) is 7.01. The Morgan fingerprint density at radius 3 is 2.17 bits per heavy atom. The fourth-order valence-electron chi connectivity index (χ4n) is 7.01. The lowest BCUT2D eigenvalue weighted by atomic mass is 9.85. The van der Waals surface area contributed by atoms with Crippen molar-refractivity contribution in [3.63, 3.8) is 0 Å². The Labute approximate surface area is 229 Å². The Hall–Kier alpha value is -5.42. The summed E-state index contributed by atoms with van der Waals surface area (Å²) in [6, 6.07) is 38.4. The Balaban J connectivity index is 1.28. The number of fused-ring (bicyclic) bond motifs is 5. The summed E-state index contributed by atoms with van der Waals surface area (Å²) in [4.78, 5) is 0. The molecule has 0 amide bonds. The van der Waals surface area contributed by atoms with Gasteiger partial charge in [-0.05, 0) is 80.3 Å². The number of aromatic nitrogens is 3. The third-order valence-corrected chi connectivity index (χ3v) is 8.67. The van der Waals surface area contributed by atoms with Gasteiger partial charge in [0.05, 0.1) is 17.8 Å². The molecule has 40 heavy (non-hydrogen) atoms. The van der Waals surface area contributed by atoms with Crippen LogP contribution in [0.1, 0.15) is 11.1 Å². The second-order valence-corrected chi connectivity index (χ2v) is 10.7. The third-order valence-electron chi connectivity index (χ3n) is 8.67. The smallest absolute Gasteiger partial charge is 0.452 e. The number of hydrogen-bond acceptors (Lipinski definition) is 2. The number of pyridine rings is 1. The monoisotopic (exact) mass is 515 g/mol. The average molecular weight is 516 g/mol. The summed E-state index contributed by atoms with van der Waals surface area (Å²) < 4.78 is 19.8. The number of nitrogens with zero attached hydrogens (tertiary/aromatic N) is 3. The molecule has 3 aliphatic heterocycles. The summed E-state index contributed by atoms with van der Waals surface area (Å²) in [5.41, 5.74) is 4.87. The molecule has 0 saturated heterocycles. The normalized spacial score (nSPS) is 17.0. The van der Waals surface area contributed by atoms with Gasteiger partial charge in [-0.3, -0.25) is 0 Å². The summed E-state index contributed by atoms with van der Waals surface area (Å²) in [7, 11) is 0. The average Bonchev–Trinajstić information content (AvgIpc) is 3.55. The van der Waals surface area contributed by atoms with Gasteiger partial charge in [-0.2, -0.15) is 0 Å². The zero-order valence-corrected chi connectivity index (χ0v) is 21.3. The van der Waals surface area contributed by atoms with Gasteiger partial charge in [0.15, 0.2) is 23.1 Å². The molecule has 3 aliphatic rings. The van der Waals surface area contributed by atoms with Crippen LogP contribution in [-0.2, 0) is 5.66 Å². The molecule has 0 radical (unpaired) electrons. The van der Waals surface area contributed by atoms with Gasteiger partial charge in [0.25, 0.3) is 0 Å². The summed E-state index contributed by atoms with van der Waals surface area (Å²) in [6.07, 6.45) is 6.62. The standard InChI is InChI=1S/C35H21N3O2/c1-2-8-23-18-26-19-25(15-14-24(26)17-22(23)7-1)27-20-37-28-9-5-10-29-33(28)35(38(37)21-27)34-30(39-29)11-6-12-31(34)40-32-13-3-4-16-36(32)35/h1-21H/q+2. The van der Waals surface area contributed by atoms with E-state index in [1.807, 2.05) is 30.3 Å². The third kappa shape index (κ3) is 2.35. The van der Waals surface area contributed by atoms with E-state index in [4.69, 9.17) is 9.47 Å². The van der Waals surface area contributed by atoms with Crippen molar-refractivity contribution in [1.82, 2.24) is 4.68 Å². The van der Waals surface area contributed by atoms with Crippen molar-refractivity contribution in [1.29, 1.82) is 0 Å². The molecular weight excluding hydrogens is 494 g/mol. The highest BCUT2D eigenvalue weighted by atomic mass is 16.5. The molecule has 5 nitrogen and oxygen atoms in total. The largest absolute Gasteiger partial charge is 0.455 e. The first-order valence-corrected chi connectivity index (χ1v) is 13.5. The van der Waals surface area contributed by atoms with Gasteiger partial charge in [-0.25, -0.2) is 0 Å². The maximum atomic E-state index is 6.50. The molecule has 10 rings (SSSR count). The van der Waals surface area contributed by atoms with Gasteiger partial charge in [-0.1, -0.05) is 53.1 Å². The molecule has 1 spiro atoms. The minimum absolute atomic E-state index is 0.684. The van der Waals surface area contributed by atoms with Crippen LogP contribution in [-0.4, -0.2) is 4.68 Å². The van der Waals surface area contributed by atoms with Crippen molar-refractivity contribution in [2.45, 2.75) is 5.66 Å². The predicted molar refractivity (Wildman–Crippen MR) is 151 cm³/mol. The highest BCUT2D eigenvalue weighted by molar-refractivity contribution is 5.99. The van der Waals surface area contributed by atoms with Gasteiger partial charge < -0.3 is 9.47 Å². The van der Waals surface area contributed by atoms with Crippen LogP contribution in [0, 0.1) is 0 Å². The lowest BCUT2D eigenvalue weighted by molar-refractivity contribution is -0.997. The van der Waals surface area contributed by atoms with Gasteiger partial charge in [-0.15, -0.1) is 4.68 Å². The van der Waals surface area contributed by atoms with E-state index < -0.39 is 5.66 Å². The van der Waals surface area contributed by atoms with E-state index in [9.17, 15) is 0 Å². The molecule has 2 aromatic heterocycles. The lowest BCUT2D eigenvalue weighted by Crippen LogP contribution is -2.75. The van der Waals surface area contributed by atoms with Crippen LogP contribution >= 0.6 is 0 Å². The molecule has 0 fully saturated rings.